The average molecular weight is 383 g/mol. The zero-order chi connectivity index (χ0) is 18.1. The lowest BCUT2D eigenvalue weighted by molar-refractivity contribution is 0.0472. The van der Waals surface area contributed by atoms with Crippen LogP contribution in [0.2, 0.25) is 10.0 Å². The van der Waals surface area contributed by atoms with E-state index in [-0.39, 0.29) is 6.61 Å². The van der Waals surface area contributed by atoms with Crippen molar-refractivity contribution >= 4 is 51.0 Å². The van der Waals surface area contributed by atoms with Crippen molar-refractivity contribution in [1.82, 2.24) is 9.97 Å². The third-order valence-electron chi connectivity index (χ3n) is 3.95. The van der Waals surface area contributed by atoms with Crippen LogP contribution in [0.1, 0.15) is 15.9 Å². The summed E-state index contributed by atoms with van der Waals surface area (Å²) in [5.74, 6) is -0.439. The molecule has 0 saturated heterocycles. The minimum absolute atomic E-state index is 0.128. The van der Waals surface area contributed by atoms with Crippen LogP contribution in [0.25, 0.3) is 21.8 Å². The largest absolute Gasteiger partial charge is 0.457 e. The molecular formula is C20H12Cl2N2O2. The van der Waals surface area contributed by atoms with E-state index in [1.807, 2.05) is 18.2 Å². The molecule has 2 aromatic carbocycles. The van der Waals surface area contributed by atoms with E-state index in [1.54, 1.807) is 36.5 Å². The number of aromatic nitrogens is 2. The van der Waals surface area contributed by atoms with Crippen LogP contribution in [-0.4, -0.2) is 15.9 Å². The molecule has 4 aromatic rings. The Morgan fingerprint density at radius 2 is 1.46 bits per heavy atom. The van der Waals surface area contributed by atoms with Gasteiger partial charge in [0.05, 0.1) is 16.6 Å². The van der Waals surface area contributed by atoms with E-state index in [0.29, 0.717) is 15.6 Å². The fraction of sp³-hybridized carbons (Fsp3) is 0.0500. The van der Waals surface area contributed by atoms with Crippen LogP contribution in [0, 0.1) is 0 Å². The molecule has 0 fully saturated rings. The average Bonchev–Trinajstić information content (AvgIpc) is 2.65. The van der Waals surface area contributed by atoms with Crippen LogP contribution < -0.4 is 0 Å². The molecular weight excluding hydrogens is 371 g/mol. The molecule has 4 rings (SSSR count). The third-order valence-corrected chi connectivity index (χ3v) is 4.42. The Hall–Kier alpha value is -2.69. The van der Waals surface area contributed by atoms with Gasteiger partial charge >= 0.3 is 5.97 Å². The summed E-state index contributed by atoms with van der Waals surface area (Å²) in [6.07, 6.45) is 3.16. The van der Waals surface area contributed by atoms with Crippen molar-refractivity contribution in [1.29, 1.82) is 0 Å². The zero-order valence-electron chi connectivity index (χ0n) is 13.4. The fourth-order valence-corrected chi connectivity index (χ4v) is 2.99. The summed E-state index contributed by atoms with van der Waals surface area (Å²) >= 11 is 11.9. The molecule has 0 amide bonds. The van der Waals surface area contributed by atoms with Crippen molar-refractivity contribution in [3.05, 3.63) is 82.1 Å². The van der Waals surface area contributed by atoms with Gasteiger partial charge in [-0.25, -0.2) is 4.79 Å². The minimum Gasteiger partial charge on any atom is -0.457 e. The maximum atomic E-state index is 12.3. The van der Waals surface area contributed by atoms with Gasteiger partial charge in [0.1, 0.15) is 6.61 Å². The van der Waals surface area contributed by atoms with E-state index in [4.69, 9.17) is 27.9 Å². The molecule has 128 valence electrons. The topological polar surface area (TPSA) is 52.1 Å². The molecule has 0 N–H and O–H groups in total. The number of pyridine rings is 2. The Bertz CT molecular complexity index is 1150. The molecule has 0 aliphatic heterocycles. The van der Waals surface area contributed by atoms with Gasteiger partial charge in [0, 0.05) is 38.8 Å². The zero-order valence-corrected chi connectivity index (χ0v) is 15.0. The highest BCUT2D eigenvalue weighted by Crippen LogP contribution is 2.20. The van der Waals surface area contributed by atoms with Crippen LogP contribution in [-0.2, 0) is 11.3 Å². The first-order valence-electron chi connectivity index (χ1n) is 7.85. The molecule has 0 unspecified atom stereocenters. The summed E-state index contributed by atoms with van der Waals surface area (Å²) in [6, 6.07) is 14.5. The van der Waals surface area contributed by atoms with E-state index in [0.717, 1.165) is 27.4 Å². The molecule has 0 atom stereocenters. The first-order chi connectivity index (χ1) is 12.6. The highest BCUT2D eigenvalue weighted by molar-refractivity contribution is 6.31. The number of carbonyl (C=O) groups is 1. The normalized spacial score (nSPS) is 11.0. The van der Waals surface area contributed by atoms with Crippen molar-refractivity contribution in [3.8, 4) is 0 Å². The number of hydrogen-bond donors (Lipinski definition) is 0. The Morgan fingerprint density at radius 1 is 0.846 bits per heavy atom. The maximum absolute atomic E-state index is 12.3. The predicted molar refractivity (Wildman–Crippen MR) is 103 cm³/mol. The summed E-state index contributed by atoms with van der Waals surface area (Å²) in [6.45, 7) is 0.128. The maximum Gasteiger partial charge on any atom is 0.340 e. The standard InChI is InChI=1S/C20H12Cl2N2O2/c21-16-3-1-13-5-12(9-23-18(13)7-16)11-26-20(25)15-6-14-2-4-17(22)8-19(14)24-10-15/h1-10H,11H2. The molecule has 0 radical (unpaired) electrons. The van der Waals surface area contributed by atoms with Gasteiger partial charge in [-0.15, -0.1) is 0 Å². The lowest BCUT2D eigenvalue weighted by atomic mass is 10.1. The van der Waals surface area contributed by atoms with Crippen LogP contribution >= 0.6 is 23.2 Å². The monoisotopic (exact) mass is 382 g/mol. The molecule has 0 aliphatic rings. The molecule has 4 nitrogen and oxygen atoms in total. The SMILES string of the molecule is O=C(OCc1cnc2cc(Cl)ccc2c1)c1cnc2cc(Cl)ccc2c1. The number of esters is 1. The van der Waals surface area contributed by atoms with Crippen LogP contribution in [0.3, 0.4) is 0 Å². The molecule has 2 aromatic heterocycles. The van der Waals surface area contributed by atoms with E-state index in [1.165, 1.54) is 6.20 Å². The van der Waals surface area contributed by atoms with E-state index < -0.39 is 5.97 Å². The number of rotatable bonds is 3. The lowest BCUT2D eigenvalue weighted by Crippen LogP contribution is -2.06. The van der Waals surface area contributed by atoms with Crippen molar-refractivity contribution < 1.29 is 9.53 Å². The number of carbonyl (C=O) groups excluding carboxylic acids is 1. The summed E-state index contributed by atoms with van der Waals surface area (Å²) in [7, 11) is 0. The summed E-state index contributed by atoms with van der Waals surface area (Å²) in [5.41, 5.74) is 2.71. The van der Waals surface area contributed by atoms with Gasteiger partial charge in [0.15, 0.2) is 0 Å². The Morgan fingerprint density at radius 3 is 2.15 bits per heavy atom. The smallest absolute Gasteiger partial charge is 0.340 e. The summed E-state index contributed by atoms with van der Waals surface area (Å²) in [4.78, 5) is 20.9. The highest BCUT2D eigenvalue weighted by Gasteiger charge is 2.10. The molecule has 6 heteroatoms. The second-order valence-electron chi connectivity index (χ2n) is 5.82. The Kier molecular flexibility index (Phi) is 4.45. The highest BCUT2D eigenvalue weighted by atomic mass is 35.5. The van der Waals surface area contributed by atoms with Crippen molar-refractivity contribution in [2.24, 2.45) is 0 Å². The predicted octanol–water partition coefficient (Wildman–Crippen LogP) is 5.45. The van der Waals surface area contributed by atoms with Crippen LogP contribution in [0.15, 0.2) is 60.9 Å². The van der Waals surface area contributed by atoms with Gasteiger partial charge < -0.3 is 4.74 Å². The number of ether oxygens (including phenoxy) is 1. The second kappa shape index (κ2) is 6.90. The van der Waals surface area contributed by atoms with Crippen molar-refractivity contribution in [3.63, 3.8) is 0 Å². The molecule has 0 saturated carbocycles. The Balaban J connectivity index is 1.51. The van der Waals surface area contributed by atoms with Gasteiger partial charge in [-0.05, 0) is 36.4 Å². The minimum atomic E-state index is -0.439. The quantitative estimate of drug-likeness (QED) is 0.442. The molecule has 2 heterocycles. The van der Waals surface area contributed by atoms with Gasteiger partial charge in [-0.2, -0.15) is 0 Å². The molecule has 0 spiro atoms. The molecule has 0 bridgehead atoms. The molecule has 0 aliphatic carbocycles. The van der Waals surface area contributed by atoms with Gasteiger partial charge in [-0.3, -0.25) is 9.97 Å². The van der Waals surface area contributed by atoms with E-state index in [2.05, 4.69) is 9.97 Å². The number of benzene rings is 2. The molecule has 26 heavy (non-hydrogen) atoms. The first-order valence-corrected chi connectivity index (χ1v) is 8.61. The Labute approximate surface area is 159 Å². The first kappa shape index (κ1) is 16.8. The lowest BCUT2D eigenvalue weighted by Gasteiger charge is -2.07. The number of hydrogen-bond acceptors (Lipinski definition) is 4. The fourth-order valence-electron chi connectivity index (χ4n) is 2.66. The third kappa shape index (κ3) is 3.47. The van der Waals surface area contributed by atoms with Gasteiger partial charge in [0.2, 0.25) is 0 Å². The number of fused-ring (bicyclic) bond motifs is 2. The van der Waals surface area contributed by atoms with Gasteiger partial charge in [-0.1, -0.05) is 35.3 Å². The summed E-state index contributed by atoms with van der Waals surface area (Å²) in [5, 5.41) is 3.00. The van der Waals surface area contributed by atoms with Crippen LogP contribution in [0.4, 0.5) is 0 Å². The van der Waals surface area contributed by atoms with Crippen molar-refractivity contribution in [2.75, 3.05) is 0 Å². The van der Waals surface area contributed by atoms with E-state index in [9.17, 15) is 4.79 Å². The van der Waals surface area contributed by atoms with Crippen LogP contribution in [0.5, 0.6) is 0 Å². The summed E-state index contributed by atoms with van der Waals surface area (Å²) < 4.78 is 5.39. The second-order valence-corrected chi connectivity index (χ2v) is 6.69. The van der Waals surface area contributed by atoms with Gasteiger partial charge in [0.25, 0.3) is 0 Å². The van der Waals surface area contributed by atoms with Crippen molar-refractivity contribution in [2.45, 2.75) is 6.61 Å². The number of nitrogens with zero attached hydrogens (tertiary/aromatic N) is 2. The number of halogens is 2. The van der Waals surface area contributed by atoms with E-state index >= 15 is 0 Å².